The molecule has 0 atom stereocenters. The van der Waals surface area contributed by atoms with Gasteiger partial charge in [0, 0.05) is 5.56 Å². The van der Waals surface area contributed by atoms with Crippen LogP contribution in [0.3, 0.4) is 0 Å². The van der Waals surface area contributed by atoms with Crippen molar-refractivity contribution in [1.29, 1.82) is 0 Å². The van der Waals surface area contributed by atoms with Gasteiger partial charge in [0.05, 0.1) is 12.2 Å². The molecule has 2 rings (SSSR count). The van der Waals surface area contributed by atoms with Gasteiger partial charge in [-0.1, -0.05) is 83.1 Å². The summed E-state index contributed by atoms with van der Waals surface area (Å²) in [6.07, 6.45) is 10.2. The first-order valence-electron chi connectivity index (χ1n) is 10.7. The fourth-order valence-electron chi connectivity index (χ4n) is 3.33. The molecular weight excluding hydrogens is 351 g/mol. The number of halogens is 1. The van der Waals surface area contributed by atoms with E-state index in [4.69, 9.17) is 4.74 Å². The molecule has 28 heavy (non-hydrogen) atoms. The summed E-state index contributed by atoms with van der Waals surface area (Å²) < 4.78 is 19.7. The number of hydrogen-bond donors (Lipinski definition) is 0. The van der Waals surface area contributed by atoms with Crippen molar-refractivity contribution in [3.63, 3.8) is 0 Å². The molecule has 0 saturated carbocycles. The Balaban J connectivity index is 1.81. The maximum absolute atomic E-state index is 14.4. The highest BCUT2D eigenvalue weighted by atomic mass is 19.1. The fourth-order valence-corrected chi connectivity index (χ4v) is 3.33. The predicted octanol–water partition coefficient (Wildman–Crippen LogP) is 7.35. The third-order valence-corrected chi connectivity index (χ3v) is 4.98. The summed E-state index contributed by atoms with van der Waals surface area (Å²) in [5.41, 5.74) is 2.84. The second-order valence-corrected chi connectivity index (χ2v) is 7.40. The summed E-state index contributed by atoms with van der Waals surface area (Å²) in [5, 5.41) is 0. The number of esters is 1. The Morgan fingerprint density at radius 3 is 2.18 bits per heavy atom. The second kappa shape index (κ2) is 12.3. The molecule has 0 aliphatic heterocycles. The van der Waals surface area contributed by atoms with Crippen LogP contribution in [0.1, 0.15) is 81.1 Å². The number of unbranched alkanes of at least 4 members (excludes halogenated alkanes) is 6. The molecule has 0 radical (unpaired) electrons. The van der Waals surface area contributed by atoms with E-state index < -0.39 is 0 Å². The van der Waals surface area contributed by atoms with Crippen molar-refractivity contribution in [2.75, 3.05) is 6.61 Å². The van der Waals surface area contributed by atoms with E-state index in [1.54, 1.807) is 30.3 Å². The lowest BCUT2D eigenvalue weighted by Gasteiger charge is -2.08. The monoisotopic (exact) mass is 384 g/mol. The molecule has 2 aromatic rings. The van der Waals surface area contributed by atoms with Crippen LogP contribution in [0.25, 0.3) is 11.1 Å². The summed E-state index contributed by atoms with van der Waals surface area (Å²) in [5.74, 6) is -0.531. The van der Waals surface area contributed by atoms with Crippen LogP contribution in [-0.4, -0.2) is 12.6 Å². The number of hydrogen-bond acceptors (Lipinski definition) is 2. The van der Waals surface area contributed by atoms with E-state index in [2.05, 4.69) is 13.8 Å². The molecule has 0 heterocycles. The van der Waals surface area contributed by atoms with Crippen molar-refractivity contribution in [3.05, 3.63) is 59.4 Å². The van der Waals surface area contributed by atoms with E-state index in [9.17, 15) is 9.18 Å². The Bertz CT molecular complexity index is 722. The lowest BCUT2D eigenvalue weighted by Crippen LogP contribution is -2.06. The third-order valence-electron chi connectivity index (χ3n) is 4.98. The molecular formula is C25H33FO2. The minimum atomic E-state index is -0.309. The molecule has 2 nitrogen and oxygen atoms in total. The van der Waals surface area contributed by atoms with E-state index >= 15 is 0 Å². The van der Waals surface area contributed by atoms with Gasteiger partial charge in [0.1, 0.15) is 5.82 Å². The molecule has 0 amide bonds. The number of carbonyl (C=O) groups excluding carboxylic acids is 1. The van der Waals surface area contributed by atoms with Gasteiger partial charge < -0.3 is 4.74 Å². The van der Waals surface area contributed by atoms with Crippen LogP contribution in [-0.2, 0) is 11.2 Å². The first-order valence-corrected chi connectivity index (χ1v) is 10.7. The summed E-state index contributed by atoms with van der Waals surface area (Å²) in [6.45, 7) is 4.75. The molecule has 0 fully saturated rings. The van der Waals surface area contributed by atoms with E-state index in [-0.39, 0.29) is 11.8 Å². The smallest absolute Gasteiger partial charge is 0.338 e. The average molecular weight is 385 g/mol. The van der Waals surface area contributed by atoms with Crippen LogP contribution in [0.5, 0.6) is 0 Å². The number of carbonyl (C=O) groups is 1. The second-order valence-electron chi connectivity index (χ2n) is 7.40. The Kier molecular flexibility index (Phi) is 9.74. The molecule has 0 saturated heterocycles. The van der Waals surface area contributed by atoms with Crippen LogP contribution in [0.15, 0.2) is 42.5 Å². The first kappa shape index (κ1) is 22.1. The average Bonchev–Trinajstić information content (AvgIpc) is 2.70. The van der Waals surface area contributed by atoms with Gasteiger partial charge in [-0.05, 0) is 42.2 Å². The zero-order chi connectivity index (χ0) is 20.2. The van der Waals surface area contributed by atoms with Crippen LogP contribution < -0.4 is 0 Å². The molecule has 0 aliphatic carbocycles. The maximum Gasteiger partial charge on any atom is 0.338 e. The predicted molar refractivity (Wildman–Crippen MR) is 114 cm³/mol. The minimum absolute atomic E-state index is 0.222. The van der Waals surface area contributed by atoms with Crippen molar-refractivity contribution >= 4 is 5.97 Å². The Hall–Kier alpha value is -2.16. The summed E-state index contributed by atoms with van der Waals surface area (Å²) >= 11 is 0. The number of benzene rings is 2. The van der Waals surface area contributed by atoms with E-state index in [0.29, 0.717) is 17.7 Å². The van der Waals surface area contributed by atoms with Gasteiger partial charge in [-0.2, -0.15) is 0 Å². The molecule has 152 valence electrons. The summed E-state index contributed by atoms with van der Waals surface area (Å²) in [4.78, 5) is 12.2. The molecule has 0 aromatic heterocycles. The standard InChI is InChI=1S/C25H33FO2/c1-3-5-6-7-8-9-10-18-28-25(27)22-15-13-21(14-16-22)23-17-12-20(11-4-2)19-24(23)26/h12-17,19H,3-11,18H2,1-2H3. The van der Waals surface area contributed by atoms with E-state index in [1.165, 1.54) is 32.1 Å². The van der Waals surface area contributed by atoms with Crippen LogP contribution in [0, 0.1) is 5.82 Å². The lowest BCUT2D eigenvalue weighted by molar-refractivity contribution is 0.0497. The van der Waals surface area contributed by atoms with Crippen molar-refractivity contribution < 1.29 is 13.9 Å². The van der Waals surface area contributed by atoms with Gasteiger partial charge in [-0.15, -0.1) is 0 Å². The molecule has 0 unspecified atom stereocenters. The quantitative estimate of drug-likeness (QED) is 0.282. The highest BCUT2D eigenvalue weighted by Crippen LogP contribution is 2.24. The van der Waals surface area contributed by atoms with Crippen molar-refractivity contribution in [3.8, 4) is 11.1 Å². The Morgan fingerprint density at radius 2 is 1.54 bits per heavy atom. The highest BCUT2D eigenvalue weighted by molar-refractivity contribution is 5.90. The molecule has 3 heteroatoms. The molecule has 0 bridgehead atoms. The topological polar surface area (TPSA) is 26.3 Å². The van der Waals surface area contributed by atoms with Gasteiger partial charge in [0.15, 0.2) is 0 Å². The van der Waals surface area contributed by atoms with Gasteiger partial charge in [0.2, 0.25) is 0 Å². The Morgan fingerprint density at radius 1 is 0.857 bits per heavy atom. The maximum atomic E-state index is 14.4. The molecule has 0 aliphatic rings. The largest absolute Gasteiger partial charge is 0.462 e. The van der Waals surface area contributed by atoms with Crippen molar-refractivity contribution in [2.45, 2.75) is 71.6 Å². The zero-order valence-corrected chi connectivity index (χ0v) is 17.3. The number of aryl methyl sites for hydroxylation is 1. The van der Waals surface area contributed by atoms with E-state index in [1.807, 2.05) is 12.1 Å². The third kappa shape index (κ3) is 7.10. The van der Waals surface area contributed by atoms with Crippen molar-refractivity contribution in [1.82, 2.24) is 0 Å². The van der Waals surface area contributed by atoms with Crippen molar-refractivity contribution in [2.24, 2.45) is 0 Å². The highest BCUT2D eigenvalue weighted by Gasteiger charge is 2.10. The molecule has 0 N–H and O–H groups in total. The van der Waals surface area contributed by atoms with Gasteiger partial charge >= 0.3 is 5.97 Å². The molecule has 0 spiro atoms. The number of ether oxygens (including phenoxy) is 1. The Labute approximate surface area is 169 Å². The summed E-state index contributed by atoms with van der Waals surface area (Å²) in [7, 11) is 0. The van der Waals surface area contributed by atoms with Crippen LogP contribution >= 0.6 is 0 Å². The fraction of sp³-hybridized carbons (Fsp3) is 0.480. The van der Waals surface area contributed by atoms with Crippen LogP contribution in [0.2, 0.25) is 0 Å². The van der Waals surface area contributed by atoms with Crippen LogP contribution in [0.4, 0.5) is 4.39 Å². The molecule has 2 aromatic carbocycles. The SMILES string of the molecule is CCCCCCCCCOC(=O)c1ccc(-c2ccc(CCC)cc2F)cc1. The van der Waals surface area contributed by atoms with Gasteiger partial charge in [-0.25, -0.2) is 9.18 Å². The normalized spacial score (nSPS) is 10.8. The minimum Gasteiger partial charge on any atom is -0.462 e. The lowest BCUT2D eigenvalue weighted by atomic mass is 10.0. The van der Waals surface area contributed by atoms with E-state index in [0.717, 1.165) is 36.8 Å². The van der Waals surface area contributed by atoms with Gasteiger partial charge in [0.25, 0.3) is 0 Å². The number of rotatable bonds is 12. The first-order chi connectivity index (χ1) is 13.7. The zero-order valence-electron chi connectivity index (χ0n) is 17.3. The van der Waals surface area contributed by atoms with Gasteiger partial charge in [-0.3, -0.25) is 0 Å². The summed E-state index contributed by atoms with van der Waals surface area (Å²) in [6, 6.07) is 12.4.